The Morgan fingerprint density at radius 3 is 2.42 bits per heavy atom. The van der Waals surface area contributed by atoms with E-state index < -0.39 is 16.4 Å². The van der Waals surface area contributed by atoms with Gasteiger partial charge in [-0.1, -0.05) is 42.5 Å². The molecule has 5 rings (SSSR count). The van der Waals surface area contributed by atoms with E-state index in [-0.39, 0.29) is 17.2 Å². The minimum absolute atomic E-state index is 0.0796. The van der Waals surface area contributed by atoms with E-state index in [1.54, 1.807) is 30.5 Å². The second-order valence-electron chi connectivity index (χ2n) is 8.08. The fourth-order valence-electron chi connectivity index (χ4n) is 4.06. The summed E-state index contributed by atoms with van der Waals surface area (Å²) in [5.74, 6) is -0.375. The molecule has 0 spiro atoms. The molecule has 5 nitrogen and oxygen atoms in total. The van der Waals surface area contributed by atoms with Gasteiger partial charge in [0.1, 0.15) is 10.8 Å². The molecule has 184 valence electrons. The average Bonchev–Trinajstić information content (AvgIpc) is 3.18. The van der Waals surface area contributed by atoms with Crippen LogP contribution in [0.3, 0.4) is 0 Å². The predicted octanol–water partition coefficient (Wildman–Crippen LogP) is 7.05. The third kappa shape index (κ3) is 4.61. The van der Waals surface area contributed by atoms with Crippen LogP contribution in [0.2, 0.25) is 0 Å². The van der Waals surface area contributed by atoms with E-state index in [4.69, 9.17) is 0 Å². The van der Waals surface area contributed by atoms with Gasteiger partial charge in [-0.3, -0.25) is 9.29 Å². The summed E-state index contributed by atoms with van der Waals surface area (Å²) in [5.41, 5.74) is 1.31. The molecule has 0 fully saturated rings. The highest BCUT2D eigenvalue weighted by molar-refractivity contribution is 7.93. The zero-order valence-electron chi connectivity index (χ0n) is 18.9. The Hall–Kier alpha value is -3.63. The molecule has 2 aromatic heterocycles. The maximum Gasteiger partial charge on any atom is 0.573 e. The van der Waals surface area contributed by atoms with Gasteiger partial charge < -0.3 is 4.74 Å². The van der Waals surface area contributed by atoms with Gasteiger partial charge in [0.15, 0.2) is 0 Å². The van der Waals surface area contributed by atoms with E-state index in [0.29, 0.717) is 21.3 Å². The summed E-state index contributed by atoms with van der Waals surface area (Å²) in [7, 11) is -4.08. The fourth-order valence-corrected chi connectivity index (χ4v) is 7.21. The second-order valence-corrected chi connectivity index (χ2v) is 10.9. The van der Waals surface area contributed by atoms with Gasteiger partial charge in [0.2, 0.25) is 0 Å². The minimum Gasteiger partial charge on any atom is -0.406 e. The summed E-state index contributed by atoms with van der Waals surface area (Å²) in [6, 6.07) is 19.5. The van der Waals surface area contributed by atoms with Crippen LogP contribution in [0.25, 0.3) is 20.9 Å². The van der Waals surface area contributed by atoms with Crippen LogP contribution in [0.15, 0.2) is 90.1 Å². The standard InChI is InChI=1S/C26H19F3N2O3S2/c1-17-21-6-2-3-7-23(21)35-25(17)31(16-18-9-11-20(12-10-18)34-26(27,28)29)36(32,33)24-8-4-5-19-15-30-14-13-22(19)24/h2-15H,16H2,1H3. The molecule has 2 heterocycles. The molecule has 0 aliphatic carbocycles. The molecule has 0 unspecified atom stereocenters. The molecule has 10 heteroatoms. The SMILES string of the molecule is Cc1c(N(Cc2ccc(OC(F)(F)F)cc2)S(=O)(=O)c2cccc3cnccc23)sc2ccccc12. The number of sulfonamides is 1. The highest BCUT2D eigenvalue weighted by Crippen LogP contribution is 2.41. The van der Waals surface area contributed by atoms with Crippen molar-refractivity contribution in [3.63, 3.8) is 0 Å². The summed E-state index contributed by atoms with van der Waals surface area (Å²) in [6.07, 6.45) is -1.67. The van der Waals surface area contributed by atoms with Crippen LogP contribution < -0.4 is 9.04 Å². The quantitative estimate of drug-likeness (QED) is 0.237. The number of pyridine rings is 1. The lowest BCUT2D eigenvalue weighted by atomic mass is 10.2. The van der Waals surface area contributed by atoms with Gasteiger partial charge in [-0.2, -0.15) is 0 Å². The number of thiophene rings is 1. The van der Waals surface area contributed by atoms with Crippen LogP contribution in [-0.2, 0) is 16.6 Å². The van der Waals surface area contributed by atoms with Gasteiger partial charge in [-0.15, -0.1) is 24.5 Å². The van der Waals surface area contributed by atoms with E-state index in [1.165, 1.54) is 46.1 Å². The van der Waals surface area contributed by atoms with Crippen LogP contribution in [-0.4, -0.2) is 19.8 Å². The van der Waals surface area contributed by atoms with Crippen molar-refractivity contribution in [3.05, 3.63) is 96.3 Å². The third-order valence-electron chi connectivity index (χ3n) is 5.74. The largest absolute Gasteiger partial charge is 0.573 e. The Morgan fingerprint density at radius 1 is 0.944 bits per heavy atom. The molecule has 36 heavy (non-hydrogen) atoms. The van der Waals surface area contributed by atoms with Crippen molar-refractivity contribution < 1.29 is 26.3 Å². The van der Waals surface area contributed by atoms with E-state index in [0.717, 1.165) is 15.6 Å². The number of aromatic nitrogens is 1. The topological polar surface area (TPSA) is 59.5 Å². The Balaban J connectivity index is 1.63. The van der Waals surface area contributed by atoms with E-state index in [1.807, 2.05) is 31.2 Å². The fraction of sp³-hybridized carbons (Fsp3) is 0.115. The Bertz CT molecular complexity index is 1660. The highest BCUT2D eigenvalue weighted by atomic mass is 32.2. The van der Waals surface area contributed by atoms with Crippen molar-refractivity contribution in [1.29, 1.82) is 0 Å². The summed E-state index contributed by atoms with van der Waals surface area (Å²) < 4.78 is 72.3. The Morgan fingerprint density at radius 2 is 1.69 bits per heavy atom. The first-order valence-electron chi connectivity index (χ1n) is 10.8. The lowest BCUT2D eigenvalue weighted by molar-refractivity contribution is -0.274. The van der Waals surface area contributed by atoms with Crippen LogP contribution in [0.1, 0.15) is 11.1 Å². The number of nitrogens with zero attached hydrogens (tertiary/aromatic N) is 2. The maximum atomic E-state index is 14.2. The van der Waals surface area contributed by atoms with E-state index in [9.17, 15) is 21.6 Å². The van der Waals surface area contributed by atoms with Crippen molar-refractivity contribution in [2.24, 2.45) is 0 Å². The van der Waals surface area contributed by atoms with Gasteiger partial charge in [0.05, 0.1) is 11.4 Å². The third-order valence-corrected chi connectivity index (χ3v) is 8.95. The van der Waals surface area contributed by atoms with Gasteiger partial charge in [-0.05, 0) is 53.8 Å². The van der Waals surface area contributed by atoms with Crippen molar-refractivity contribution in [1.82, 2.24) is 4.98 Å². The van der Waals surface area contributed by atoms with E-state index in [2.05, 4.69) is 9.72 Å². The summed E-state index contributed by atoms with van der Waals surface area (Å²) in [6.45, 7) is 1.79. The van der Waals surface area contributed by atoms with Crippen LogP contribution in [0, 0.1) is 6.92 Å². The van der Waals surface area contributed by atoms with Crippen LogP contribution in [0.4, 0.5) is 18.2 Å². The smallest absolute Gasteiger partial charge is 0.406 e. The summed E-state index contributed by atoms with van der Waals surface area (Å²) in [5, 5.41) is 2.69. The number of hydrogen-bond donors (Lipinski definition) is 0. The lowest BCUT2D eigenvalue weighted by Gasteiger charge is -2.25. The second kappa shape index (κ2) is 9.11. The molecule has 5 aromatic rings. The molecule has 0 bridgehead atoms. The first-order valence-corrected chi connectivity index (χ1v) is 13.1. The lowest BCUT2D eigenvalue weighted by Crippen LogP contribution is -2.30. The minimum atomic E-state index is -4.81. The molecular weight excluding hydrogens is 509 g/mol. The molecular formula is C26H19F3N2O3S2. The van der Waals surface area contributed by atoms with Crippen molar-refractivity contribution in [2.45, 2.75) is 24.7 Å². The Labute approximate surface area is 209 Å². The molecule has 0 aliphatic rings. The molecule has 0 radical (unpaired) electrons. The molecule has 0 amide bonds. The number of anilines is 1. The van der Waals surface area contributed by atoms with Gasteiger partial charge in [-0.25, -0.2) is 8.42 Å². The number of ether oxygens (including phenoxy) is 1. The molecule has 3 aromatic carbocycles. The molecule has 0 saturated heterocycles. The van der Waals surface area contributed by atoms with Crippen LogP contribution in [0.5, 0.6) is 5.75 Å². The van der Waals surface area contributed by atoms with Crippen molar-refractivity contribution in [2.75, 3.05) is 4.31 Å². The first-order chi connectivity index (χ1) is 17.1. The zero-order chi connectivity index (χ0) is 25.5. The van der Waals surface area contributed by atoms with Gasteiger partial charge in [0, 0.05) is 27.9 Å². The molecule has 0 N–H and O–H groups in total. The molecule has 0 aliphatic heterocycles. The first kappa shape index (κ1) is 24.1. The number of alkyl halides is 3. The number of hydrogen-bond acceptors (Lipinski definition) is 5. The molecule has 0 saturated carbocycles. The number of halogens is 3. The summed E-state index contributed by atoms with van der Waals surface area (Å²) in [4.78, 5) is 4.21. The maximum absolute atomic E-state index is 14.2. The number of benzene rings is 3. The van der Waals surface area contributed by atoms with E-state index >= 15 is 0 Å². The number of aryl methyl sites for hydroxylation is 1. The monoisotopic (exact) mass is 528 g/mol. The molecule has 0 atom stereocenters. The van der Waals surface area contributed by atoms with Crippen molar-refractivity contribution >= 4 is 47.2 Å². The number of rotatable bonds is 6. The van der Waals surface area contributed by atoms with Gasteiger partial charge in [0.25, 0.3) is 10.0 Å². The highest BCUT2D eigenvalue weighted by Gasteiger charge is 2.32. The van der Waals surface area contributed by atoms with Crippen LogP contribution >= 0.6 is 11.3 Å². The normalized spacial score (nSPS) is 12.2. The van der Waals surface area contributed by atoms with Crippen molar-refractivity contribution in [3.8, 4) is 5.75 Å². The average molecular weight is 529 g/mol. The zero-order valence-corrected chi connectivity index (χ0v) is 20.5. The summed E-state index contributed by atoms with van der Waals surface area (Å²) >= 11 is 1.35. The number of fused-ring (bicyclic) bond motifs is 2. The van der Waals surface area contributed by atoms with Gasteiger partial charge >= 0.3 is 6.36 Å². The predicted molar refractivity (Wildman–Crippen MR) is 135 cm³/mol. The Kier molecular flexibility index (Phi) is 6.09.